The minimum absolute atomic E-state index is 0.202. The number of carbonyl (C=O) groups excluding carboxylic acids is 1. The SMILES string of the molecule is COc1ccc(Br)cc1C(=O)Nc1ccc(N2CCOCC2)cc1. The maximum Gasteiger partial charge on any atom is 0.259 e. The Balaban J connectivity index is 1.71. The van der Waals surface area contributed by atoms with E-state index in [-0.39, 0.29) is 5.91 Å². The summed E-state index contributed by atoms with van der Waals surface area (Å²) in [5.74, 6) is 0.341. The van der Waals surface area contributed by atoms with Crippen LogP contribution in [-0.4, -0.2) is 39.3 Å². The molecule has 1 aliphatic heterocycles. The van der Waals surface area contributed by atoms with Crippen molar-refractivity contribution >= 4 is 33.2 Å². The zero-order valence-electron chi connectivity index (χ0n) is 13.4. The van der Waals surface area contributed by atoms with Crippen molar-refractivity contribution in [3.8, 4) is 5.75 Å². The summed E-state index contributed by atoms with van der Waals surface area (Å²) in [4.78, 5) is 14.8. The van der Waals surface area contributed by atoms with Gasteiger partial charge in [-0.1, -0.05) is 15.9 Å². The fraction of sp³-hybridized carbons (Fsp3) is 0.278. The van der Waals surface area contributed by atoms with E-state index in [1.165, 1.54) is 0 Å². The van der Waals surface area contributed by atoms with E-state index in [1.54, 1.807) is 19.2 Å². The largest absolute Gasteiger partial charge is 0.496 e. The summed E-state index contributed by atoms with van der Waals surface area (Å²) in [6.45, 7) is 3.28. The lowest BCUT2D eigenvalue weighted by atomic mass is 10.1. The molecule has 0 atom stereocenters. The van der Waals surface area contributed by atoms with Crippen molar-refractivity contribution in [3.05, 3.63) is 52.5 Å². The highest BCUT2D eigenvalue weighted by Crippen LogP contribution is 2.25. The van der Waals surface area contributed by atoms with Gasteiger partial charge < -0.3 is 19.7 Å². The molecular formula is C18H19BrN2O3. The average Bonchev–Trinajstić information content (AvgIpc) is 2.63. The molecule has 1 heterocycles. The second-order valence-corrected chi connectivity index (χ2v) is 6.36. The summed E-state index contributed by atoms with van der Waals surface area (Å²) in [5.41, 5.74) is 2.37. The number of anilines is 2. The standard InChI is InChI=1S/C18H19BrN2O3/c1-23-17-7-2-13(19)12-16(17)18(22)20-14-3-5-15(6-4-14)21-8-10-24-11-9-21/h2-7,12H,8-11H2,1H3,(H,20,22). The molecule has 1 saturated heterocycles. The molecule has 0 bridgehead atoms. The summed E-state index contributed by atoms with van der Waals surface area (Å²) in [5, 5.41) is 2.91. The molecule has 0 aliphatic carbocycles. The number of ether oxygens (including phenoxy) is 2. The quantitative estimate of drug-likeness (QED) is 0.866. The van der Waals surface area contributed by atoms with Crippen molar-refractivity contribution in [1.29, 1.82) is 0 Å². The van der Waals surface area contributed by atoms with Crippen LogP contribution in [0.5, 0.6) is 5.75 Å². The van der Waals surface area contributed by atoms with Gasteiger partial charge in [0.15, 0.2) is 0 Å². The smallest absolute Gasteiger partial charge is 0.259 e. The van der Waals surface area contributed by atoms with E-state index in [1.807, 2.05) is 30.3 Å². The predicted molar refractivity (Wildman–Crippen MR) is 98.1 cm³/mol. The molecule has 2 aromatic rings. The number of hydrogen-bond acceptors (Lipinski definition) is 4. The summed E-state index contributed by atoms with van der Waals surface area (Å²) in [7, 11) is 1.55. The Kier molecular flexibility index (Phi) is 5.37. The molecule has 1 aliphatic rings. The zero-order valence-corrected chi connectivity index (χ0v) is 15.0. The molecule has 3 rings (SSSR count). The fourth-order valence-electron chi connectivity index (χ4n) is 2.63. The first-order valence-electron chi connectivity index (χ1n) is 7.75. The van der Waals surface area contributed by atoms with Gasteiger partial charge in [0.05, 0.1) is 25.9 Å². The second-order valence-electron chi connectivity index (χ2n) is 5.45. The van der Waals surface area contributed by atoms with Gasteiger partial charge >= 0.3 is 0 Å². The Morgan fingerprint density at radius 3 is 2.54 bits per heavy atom. The van der Waals surface area contributed by atoms with Crippen molar-refractivity contribution in [2.45, 2.75) is 0 Å². The number of hydrogen-bond donors (Lipinski definition) is 1. The van der Waals surface area contributed by atoms with E-state index in [2.05, 4.69) is 26.1 Å². The van der Waals surface area contributed by atoms with Crippen LogP contribution in [0, 0.1) is 0 Å². The van der Waals surface area contributed by atoms with Gasteiger partial charge in [-0.3, -0.25) is 4.79 Å². The van der Waals surface area contributed by atoms with Crippen LogP contribution >= 0.6 is 15.9 Å². The number of morpholine rings is 1. The van der Waals surface area contributed by atoms with Crippen LogP contribution in [-0.2, 0) is 4.74 Å². The molecule has 126 valence electrons. The van der Waals surface area contributed by atoms with Gasteiger partial charge in [-0.25, -0.2) is 0 Å². The molecule has 24 heavy (non-hydrogen) atoms. The highest BCUT2D eigenvalue weighted by atomic mass is 79.9. The number of rotatable bonds is 4. The van der Waals surface area contributed by atoms with E-state index in [9.17, 15) is 4.79 Å². The number of carbonyl (C=O) groups is 1. The first-order valence-corrected chi connectivity index (χ1v) is 8.54. The lowest BCUT2D eigenvalue weighted by molar-refractivity contribution is 0.102. The van der Waals surface area contributed by atoms with Gasteiger partial charge in [0.1, 0.15) is 5.75 Å². The number of benzene rings is 2. The first kappa shape index (κ1) is 16.8. The third kappa shape index (κ3) is 3.88. The number of nitrogens with one attached hydrogen (secondary N) is 1. The van der Waals surface area contributed by atoms with E-state index < -0.39 is 0 Å². The van der Waals surface area contributed by atoms with E-state index in [0.29, 0.717) is 11.3 Å². The summed E-state index contributed by atoms with van der Waals surface area (Å²) >= 11 is 3.38. The molecule has 6 heteroatoms. The lowest BCUT2D eigenvalue weighted by Crippen LogP contribution is -2.36. The van der Waals surface area contributed by atoms with Crippen molar-refractivity contribution in [2.24, 2.45) is 0 Å². The summed E-state index contributed by atoms with van der Waals surface area (Å²) < 4.78 is 11.5. The van der Waals surface area contributed by atoms with Crippen molar-refractivity contribution in [1.82, 2.24) is 0 Å². The Hall–Kier alpha value is -2.05. The molecular weight excluding hydrogens is 372 g/mol. The molecule has 1 N–H and O–H groups in total. The number of methoxy groups -OCH3 is 1. The monoisotopic (exact) mass is 390 g/mol. The van der Waals surface area contributed by atoms with Gasteiger partial charge in [-0.15, -0.1) is 0 Å². The maximum atomic E-state index is 12.5. The van der Waals surface area contributed by atoms with Gasteiger partial charge in [-0.05, 0) is 42.5 Å². The third-order valence-electron chi connectivity index (χ3n) is 3.91. The highest BCUT2D eigenvalue weighted by molar-refractivity contribution is 9.10. The van der Waals surface area contributed by atoms with Crippen molar-refractivity contribution < 1.29 is 14.3 Å². The molecule has 5 nitrogen and oxygen atoms in total. The van der Waals surface area contributed by atoms with Gasteiger partial charge in [0, 0.05) is 28.9 Å². The van der Waals surface area contributed by atoms with Gasteiger partial charge in [-0.2, -0.15) is 0 Å². The Morgan fingerprint density at radius 1 is 1.17 bits per heavy atom. The molecule has 0 unspecified atom stereocenters. The molecule has 0 radical (unpaired) electrons. The number of amides is 1. The van der Waals surface area contributed by atoms with Crippen LogP contribution in [0.2, 0.25) is 0 Å². The van der Waals surface area contributed by atoms with Gasteiger partial charge in [0.2, 0.25) is 0 Å². The highest BCUT2D eigenvalue weighted by Gasteiger charge is 2.14. The van der Waals surface area contributed by atoms with Crippen LogP contribution in [0.25, 0.3) is 0 Å². The number of halogens is 1. The second kappa shape index (κ2) is 7.68. The first-order chi connectivity index (χ1) is 11.7. The molecule has 0 saturated carbocycles. The van der Waals surface area contributed by atoms with Crippen LogP contribution in [0.1, 0.15) is 10.4 Å². The third-order valence-corrected chi connectivity index (χ3v) is 4.40. The molecule has 0 aromatic heterocycles. The molecule has 1 fully saturated rings. The van der Waals surface area contributed by atoms with Crippen LogP contribution < -0.4 is 15.0 Å². The Labute approximate surface area is 149 Å². The number of nitrogens with zero attached hydrogens (tertiary/aromatic N) is 1. The van der Waals surface area contributed by atoms with Crippen molar-refractivity contribution in [3.63, 3.8) is 0 Å². The molecule has 0 spiro atoms. The van der Waals surface area contributed by atoms with Crippen molar-refractivity contribution in [2.75, 3.05) is 43.6 Å². The minimum atomic E-state index is -0.202. The molecule has 1 amide bonds. The predicted octanol–water partition coefficient (Wildman–Crippen LogP) is 3.55. The Bertz CT molecular complexity index is 713. The maximum absolute atomic E-state index is 12.5. The van der Waals surface area contributed by atoms with Crippen LogP contribution in [0.3, 0.4) is 0 Å². The van der Waals surface area contributed by atoms with Crippen LogP contribution in [0.4, 0.5) is 11.4 Å². The summed E-state index contributed by atoms with van der Waals surface area (Å²) in [6.07, 6.45) is 0. The summed E-state index contributed by atoms with van der Waals surface area (Å²) in [6, 6.07) is 13.2. The Morgan fingerprint density at radius 2 is 1.88 bits per heavy atom. The lowest BCUT2D eigenvalue weighted by Gasteiger charge is -2.28. The van der Waals surface area contributed by atoms with Gasteiger partial charge in [0.25, 0.3) is 5.91 Å². The van der Waals surface area contributed by atoms with E-state index >= 15 is 0 Å². The molecule has 2 aromatic carbocycles. The zero-order chi connectivity index (χ0) is 16.9. The normalized spacial score (nSPS) is 14.3. The average molecular weight is 391 g/mol. The minimum Gasteiger partial charge on any atom is -0.496 e. The van der Waals surface area contributed by atoms with E-state index in [0.717, 1.165) is 42.2 Å². The fourth-order valence-corrected chi connectivity index (χ4v) is 2.99. The topological polar surface area (TPSA) is 50.8 Å². The van der Waals surface area contributed by atoms with Crippen LogP contribution in [0.15, 0.2) is 46.9 Å². The van der Waals surface area contributed by atoms with E-state index in [4.69, 9.17) is 9.47 Å².